The molecule has 6 nitrogen and oxygen atoms in total. The number of anilines is 1. The SMILES string of the molecule is O=C(O)CNc1cc2ccccc2nc1C(=O)OC1CCCCCC1. The van der Waals surface area contributed by atoms with Crippen molar-refractivity contribution in [3.05, 3.63) is 36.0 Å². The molecule has 1 aliphatic carbocycles. The number of hydrogen-bond donors (Lipinski definition) is 2. The molecule has 1 fully saturated rings. The van der Waals surface area contributed by atoms with Gasteiger partial charge in [0.15, 0.2) is 5.69 Å². The normalized spacial score (nSPS) is 15.5. The monoisotopic (exact) mass is 342 g/mol. The Morgan fingerprint density at radius 2 is 1.88 bits per heavy atom. The predicted molar refractivity (Wildman–Crippen MR) is 94.8 cm³/mol. The van der Waals surface area contributed by atoms with Crippen molar-refractivity contribution >= 4 is 28.5 Å². The minimum absolute atomic E-state index is 0.0874. The zero-order valence-corrected chi connectivity index (χ0v) is 14.0. The van der Waals surface area contributed by atoms with Gasteiger partial charge in [0.25, 0.3) is 0 Å². The van der Waals surface area contributed by atoms with Gasteiger partial charge in [-0.2, -0.15) is 0 Å². The van der Waals surface area contributed by atoms with E-state index in [1.54, 1.807) is 6.07 Å². The van der Waals surface area contributed by atoms with Crippen LogP contribution in [0.3, 0.4) is 0 Å². The van der Waals surface area contributed by atoms with Crippen LogP contribution >= 0.6 is 0 Å². The Kier molecular flexibility index (Phi) is 5.48. The van der Waals surface area contributed by atoms with Crippen LogP contribution in [-0.2, 0) is 9.53 Å². The van der Waals surface area contributed by atoms with Crippen LogP contribution in [0.4, 0.5) is 5.69 Å². The standard InChI is InChI=1S/C19H22N2O4/c22-17(23)12-20-16-11-13-7-5-6-10-15(13)21-18(16)19(24)25-14-8-3-1-2-4-9-14/h5-7,10-11,14,20H,1-4,8-9,12H2,(H,22,23). The Labute approximate surface area is 146 Å². The molecule has 1 aromatic heterocycles. The summed E-state index contributed by atoms with van der Waals surface area (Å²) in [5.41, 5.74) is 1.21. The minimum atomic E-state index is -1.00. The number of esters is 1. The number of para-hydroxylation sites is 1. The molecule has 6 heteroatoms. The highest BCUT2D eigenvalue weighted by Crippen LogP contribution is 2.25. The Morgan fingerprint density at radius 1 is 1.16 bits per heavy atom. The fraction of sp³-hybridized carbons (Fsp3) is 0.421. The summed E-state index contributed by atoms with van der Waals surface area (Å²) >= 11 is 0. The first-order valence-electron chi connectivity index (χ1n) is 8.70. The lowest BCUT2D eigenvalue weighted by atomic mass is 10.1. The zero-order chi connectivity index (χ0) is 17.6. The van der Waals surface area contributed by atoms with E-state index in [-0.39, 0.29) is 18.3 Å². The third-order valence-electron chi connectivity index (χ3n) is 4.42. The highest BCUT2D eigenvalue weighted by molar-refractivity contribution is 5.98. The molecule has 1 heterocycles. The summed E-state index contributed by atoms with van der Waals surface area (Å²) < 4.78 is 5.66. The molecular weight excluding hydrogens is 320 g/mol. The highest BCUT2D eigenvalue weighted by Gasteiger charge is 2.22. The van der Waals surface area contributed by atoms with Crippen LogP contribution in [0.2, 0.25) is 0 Å². The molecule has 25 heavy (non-hydrogen) atoms. The topological polar surface area (TPSA) is 88.5 Å². The first-order chi connectivity index (χ1) is 12.1. The van der Waals surface area contributed by atoms with Gasteiger partial charge >= 0.3 is 11.9 Å². The molecule has 1 saturated carbocycles. The molecule has 0 amide bonds. The first kappa shape index (κ1) is 17.2. The molecule has 2 N–H and O–H groups in total. The third-order valence-corrected chi connectivity index (χ3v) is 4.42. The number of carbonyl (C=O) groups is 2. The lowest BCUT2D eigenvalue weighted by Gasteiger charge is -2.17. The molecule has 132 valence electrons. The van der Waals surface area contributed by atoms with Gasteiger partial charge in [0.1, 0.15) is 12.6 Å². The number of nitrogens with zero attached hydrogens (tertiary/aromatic N) is 1. The molecular formula is C19H22N2O4. The van der Waals surface area contributed by atoms with Crippen molar-refractivity contribution in [3.63, 3.8) is 0 Å². The second kappa shape index (κ2) is 7.96. The molecule has 0 unspecified atom stereocenters. The van der Waals surface area contributed by atoms with Gasteiger partial charge in [-0.15, -0.1) is 0 Å². The number of carboxylic acids is 1. The second-order valence-electron chi connectivity index (χ2n) is 6.34. The van der Waals surface area contributed by atoms with Gasteiger partial charge in [-0.3, -0.25) is 4.79 Å². The van der Waals surface area contributed by atoms with E-state index in [0.29, 0.717) is 11.2 Å². The summed E-state index contributed by atoms with van der Waals surface area (Å²) in [6.45, 7) is -0.288. The number of ether oxygens (including phenoxy) is 1. The van der Waals surface area contributed by atoms with Crippen molar-refractivity contribution in [2.75, 3.05) is 11.9 Å². The van der Waals surface area contributed by atoms with Crippen molar-refractivity contribution < 1.29 is 19.4 Å². The molecule has 2 aromatic rings. The quantitative estimate of drug-likeness (QED) is 0.637. The average molecular weight is 342 g/mol. The highest BCUT2D eigenvalue weighted by atomic mass is 16.5. The van der Waals surface area contributed by atoms with Crippen molar-refractivity contribution in [3.8, 4) is 0 Å². The van der Waals surface area contributed by atoms with Crippen LogP contribution < -0.4 is 5.32 Å². The molecule has 0 atom stereocenters. The Morgan fingerprint density at radius 3 is 2.60 bits per heavy atom. The Bertz CT molecular complexity index is 767. The lowest BCUT2D eigenvalue weighted by Crippen LogP contribution is -2.21. The van der Waals surface area contributed by atoms with Gasteiger partial charge in [-0.05, 0) is 37.8 Å². The smallest absolute Gasteiger partial charge is 0.359 e. The maximum Gasteiger partial charge on any atom is 0.359 e. The zero-order valence-electron chi connectivity index (χ0n) is 14.0. The molecule has 0 aliphatic heterocycles. The van der Waals surface area contributed by atoms with E-state index in [9.17, 15) is 9.59 Å². The maximum atomic E-state index is 12.7. The van der Waals surface area contributed by atoms with E-state index in [4.69, 9.17) is 9.84 Å². The Balaban J connectivity index is 1.87. The van der Waals surface area contributed by atoms with Gasteiger partial charge in [0, 0.05) is 5.39 Å². The molecule has 0 spiro atoms. The number of aliphatic carboxylic acids is 1. The van der Waals surface area contributed by atoms with E-state index in [0.717, 1.165) is 31.1 Å². The number of pyridine rings is 1. The summed E-state index contributed by atoms with van der Waals surface area (Å²) in [4.78, 5) is 27.9. The second-order valence-corrected chi connectivity index (χ2v) is 6.34. The number of benzene rings is 1. The molecule has 1 aromatic carbocycles. The fourth-order valence-electron chi connectivity index (χ4n) is 3.14. The largest absolute Gasteiger partial charge is 0.480 e. The maximum absolute atomic E-state index is 12.7. The van der Waals surface area contributed by atoms with Crippen LogP contribution in [0.25, 0.3) is 10.9 Å². The number of hydrogen-bond acceptors (Lipinski definition) is 5. The van der Waals surface area contributed by atoms with Gasteiger partial charge < -0.3 is 15.2 Å². The van der Waals surface area contributed by atoms with Crippen LogP contribution in [-0.4, -0.2) is 34.7 Å². The fourth-order valence-corrected chi connectivity index (χ4v) is 3.14. The van der Waals surface area contributed by atoms with Crippen molar-refractivity contribution in [1.82, 2.24) is 4.98 Å². The van der Waals surface area contributed by atoms with E-state index in [2.05, 4.69) is 10.3 Å². The van der Waals surface area contributed by atoms with Crippen LogP contribution in [0.15, 0.2) is 30.3 Å². The van der Waals surface area contributed by atoms with Gasteiger partial charge in [0.05, 0.1) is 11.2 Å². The van der Waals surface area contributed by atoms with Crippen molar-refractivity contribution in [2.45, 2.75) is 44.6 Å². The number of rotatable bonds is 5. The van der Waals surface area contributed by atoms with Gasteiger partial charge in [-0.1, -0.05) is 31.0 Å². The van der Waals surface area contributed by atoms with Gasteiger partial charge in [-0.25, -0.2) is 9.78 Å². The number of carbonyl (C=O) groups excluding carboxylic acids is 1. The summed E-state index contributed by atoms with van der Waals surface area (Å²) in [5, 5.41) is 12.5. The van der Waals surface area contributed by atoms with Crippen molar-refractivity contribution in [2.24, 2.45) is 0 Å². The van der Waals surface area contributed by atoms with E-state index in [1.807, 2.05) is 24.3 Å². The lowest BCUT2D eigenvalue weighted by molar-refractivity contribution is -0.134. The van der Waals surface area contributed by atoms with E-state index < -0.39 is 11.9 Å². The average Bonchev–Trinajstić information content (AvgIpc) is 2.87. The van der Waals surface area contributed by atoms with Crippen LogP contribution in [0, 0.1) is 0 Å². The van der Waals surface area contributed by atoms with Gasteiger partial charge in [0.2, 0.25) is 0 Å². The summed E-state index contributed by atoms with van der Waals surface area (Å²) in [5.74, 6) is -1.50. The summed E-state index contributed by atoms with van der Waals surface area (Å²) in [7, 11) is 0. The molecule has 1 aliphatic rings. The molecule has 0 bridgehead atoms. The first-order valence-corrected chi connectivity index (χ1v) is 8.70. The number of nitrogens with one attached hydrogen (secondary N) is 1. The predicted octanol–water partition coefficient (Wildman–Crippen LogP) is 3.61. The molecule has 3 rings (SSSR count). The van der Waals surface area contributed by atoms with Crippen LogP contribution in [0.1, 0.15) is 49.0 Å². The summed E-state index contributed by atoms with van der Waals surface area (Å²) in [6, 6.07) is 9.15. The summed E-state index contributed by atoms with van der Waals surface area (Å²) in [6.07, 6.45) is 6.13. The van der Waals surface area contributed by atoms with E-state index >= 15 is 0 Å². The number of aromatic nitrogens is 1. The molecule has 0 radical (unpaired) electrons. The Hall–Kier alpha value is -2.63. The third kappa shape index (κ3) is 4.47. The minimum Gasteiger partial charge on any atom is -0.480 e. The van der Waals surface area contributed by atoms with Crippen LogP contribution in [0.5, 0.6) is 0 Å². The number of fused-ring (bicyclic) bond motifs is 1. The van der Waals surface area contributed by atoms with Crippen molar-refractivity contribution in [1.29, 1.82) is 0 Å². The van der Waals surface area contributed by atoms with E-state index in [1.165, 1.54) is 12.8 Å². The molecule has 0 saturated heterocycles. The number of carboxylic acid groups (broad SMARTS) is 1.